The maximum atomic E-state index is 13.0. The molecule has 4 nitrogen and oxygen atoms in total. The summed E-state index contributed by atoms with van der Waals surface area (Å²) >= 11 is 7.45. The number of thioether (sulfide) groups is 1. The first-order valence-electron chi connectivity index (χ1n) is 9.94. The number of para-hydroxylation sites is 1. The number of hydrogen-bond acceptors (Lipinski definition) is 4. The molecule has 4 aromatic rings. The molecule has 0 aliphatic carbocycles. The molecule has 0 fully saturated rings. The molecule has 0 N–H and O–H groups in total. The van der Waals surface area contributed by atoms with Crippen LogP contribution in [-0.2, 0) is 0 Å². The number of carbonyl (C=O) groups excluding carboxylic acids is 1. The van der Waals surface area contributed by atoms with Gasteiger partial charge in [0.2, 0.25) is 0 Å². The second-order valence-electron chi connectivity index (χ2n) is 7.45. The molecule has 0 bridgehead atoms. The topological polar surface area (TPSA) is 47.8 Å². The van der Waals surface area contributed by atoms with E-state index in [1.54, 1.807) is 0 Å². The molecule has 0 amide bonds. The summed E-state index contributed by atoms with van der Waals surface area (Å²) in [5, 5.41) is 10.2. The summed E-state index contributed by atoms with van der Waals surface area (Å²) in [5.74, 6) is 1.08. The number of carbonyl (C=O) groups is 1. The number of halogens is 1. The van der Waals surface area contributed by atoms with E-state index >= 15 is 0 Å². The van der Waals surface area contributed by atoms with Gasteiger partial charge in [-0.25, -0.2) is 0 Å². The Balaban J connectivity index is 1.67. The van der Waals surface area contributed by atoms with Crippen molar-refractivity contribution in [3.05, 3.63) is 94.0 Å². The van der Waals surface area contributed by atoms with Crippen LogP contribution in [0.25, 0.3) is 17.1 Å². The van der Waals surface area contributed by atoms with Crippen molar-refractivity contribution in [3.63, 3.8) is 0 Å². The Labute approximate surface area is 191 Å². The molecule has 31 heavy (non-hydrogen) atoms. The number of ketones is 1. The van der Waals surface area contributed by atoms with Gasteiger partial charge in [0.15, 0.2) is 16.8 Å². The van der Waals surface area contributed by atoms with Crippen LogP contribution < -0.4 is 0 Å². The molecular weight excluding hydrogens is 426 g/mol. The Kier molecular flexibility index (Phi) is 6.25. The van der Waals surface area contributed by atoms with Gasteiger partial charge >= 0.3 is 0 Å². The number of rotatable bonds is 6. The van der Waals surface area contributed by atoms with E-state index in [1.807, 2.05) is 79.1 Å². The summed E-state index contributed by atoms with van der Waals surface area (Å²) in [6.45, 7) is 6.07. The lowest BCUT2D eigenvalue weighted by atomic mass is 9.99. The Morgan fingerprint density at radius 3 is 2.29 bits per heavy atom. The number of hydrogen-bond donors (Lipinski definition) is 0. The molecule has 0 aliphatic heterocycles. The van der Waals surface area contributed by atoms with Crippen LogP contribution >= 0.6 is 23.4 Å². The molecule has 0 aliphatic rings. The van der Waals surface area contributed by atoms with Crippen LogP contribution in [0.1, 0.15) is 27.0 Å². The molecule has 6 heteroatoms. The third-order valence-corrected chi connectivity index (χ3v) is 6.40. The van der Waals surface area contributed by atoms with E-state index in [1.165, 1.54) is 17.3 Å². The van der Waals surface area contributed by atoms with Gasteiger partial charge in [0.25, 0.3) is 0 Å². The Morgan fingerprint density at radius 2 is 1.58 bits per heavy atom. The van der Waals surface area contributed by atoms with Crippen molar-refractivity contribution in [1.82, 2.24) is 14.8 Å². The Hall–Kier alpha value is -2.89. The second-order valence-corrected chi connectivity index (χ2v) is 8.83. The van der Waals surface area contributed by atoms with Gasteiger partial charge in [-0.05, 0) is 79.9 Å². The fourth-order valence-corrected chi connectivity index (χ4v) is 4.39. The van der Waals surface area contributed by atoms with Crippen LogP contribution in [0.3, 0.4) is 0 Å². The summed E-state index contributed by atoms with van der Waals surface area (Å²) in [7, 11) is 0. The molecular formula is C25H22ClN3OS. The maximum Gasteiger partial charge on any atom is 0.196 e. The van der Waals surface area contributed by atoms with E-state index in [-0.39, 0.29) is 11.5 Å². The quantitative estimate of drug-likeness (QED) is 0.250. The molecule has 1 aromatic heterocycles. The first-order valence-corrected chi connectivity index (χ1v) is 11.3. The average molecular weight is 448 g/mol. The number of aryl methyl sites for hydroxylation is 3. The van der Waals surface area contributed by atoms with E-state index in [0.717, 1.165) is 27.9 Å². The SMILES string of the molecule is Cc1cc(C)c(C(=O)CSc2nnc(-c3ccc(Cl)cc3)n2-c2ccccc2)cc1C. The monoisotopic (exact) mass is 447 g/mol. The molecule has 4 rings (SSSR count). The van der Waals surface area contributed by atoms with Gasteiger partial charge in [0.1, 0.15) is 0 Å². The van der Waals surface area contributed by atoms with Crippen LogP contribution in [-0.4, -0.2) is 26.3 Å². The number of nitrogens with zero attached hydrogens (tertiary/aromatic N) is 3. The predicted molar refractivity (Wildman–Crippen MR) is 128 cm³/mol. The van der Waals surface area contributed by atoms with Crippen molar-refractivity contribution in [3.8, 4) is 17.1 Å². The summed E-state index contributed by atoms with van der Waals surface area (Å²) < 4.78 is 1.98. The number of Topliss-reactive ketones (excluding diaryl/α,β-unsaturated/α-hetero) is 1. The van der Waals surface area contributed by atoms with Crippen LogP contribution in [0.2, 0.25) is 5.02 Å². The largest absolute Gasteiger partial charge is 0.293 e. The standard InChI is InChI=1S/C25H22ClN3OS/c1-16-13-18(3)22(14-17(16)2)23(30)15-31-25-28-27-24(19-9-11-20(26)12-10-19)29(25)21-7-5-4-6-8-21/h4-14H,15H2,1-3H3. The van der Waals surface area contributed by atoms with Crippen LogP contribution in [0, 0.1) is 20.8 Å². The highest BCUT2D eigenvalue weighted by molar-refractivity contribution is 7.99. The van der Waals surface area contributed by atoms with E-state index in [0.29, 0.717) is 16.0 Å². The van der Waals surface area contributed by atoms with Gasteiger partial charge in [-0.3, -0.25) is 9.36 Å². The van der Waals surface area contributed by atoms with E-state index in [2.05, 4.69) is 23.2 Å². The normalized spacial score (nSPS) is 11.0. The van der Waals surface area contributed by atoms with Gasteiger partial charge in [-0.1, -0.05) is 47.6 Å². The van der Waals surface area contributed by atoms with Crippen molar-refractivity contribution in [2.45, 2.75) is 25.9 Å². The Morgan fingerprint density at radius 1 is 0.903 bits per heavy atom. The van der Waals surface area contributed by atoms with E-state index < -0.39 is 0 Å². The summed E-state index contributed by atoms with van der Waals surface area (Å²) in [6, 6.07) is 21.5. The highest BCUT2D eigenvalue weighted by Gasteiger charge is 2.18. The highest BCUT2D eigenvalue weighted by Crippen LogP contribution is 2.29. The molecule has 0 spiro atoms. The zero-order valence-electron chi connectivity index (χ0n) is 17.6. The molecule has 1 heterocycles. The first kappa shape index (κ1) is 21.3. The van der Waals surface area contributed by atoms with Crippen molar-refractivity contribution < 1.29 is 4.79 Å². The summed E-state index contributed by atoms with van der Waals surface area (Å²) in [5.41, 5.74) is 5.92. The number of benzene rings is 3. The van der Waals surface area contributed by atoms with Gasteiger partial charge in [0, 0.05) is 21.8 Å². The highest BCUT2D eigenvalue weighted by atomic mass is 35.5. The summed E-state index contributed by atoms with van der Waals surface area (Å²) in [6.07, 6.45) is 0. The first-order chi connectivity index (χ1) is 14.9. The molecule has 3 aromatic carbocycles. The Bertz CT molecular complexity index is 1230. The third kappa shape index (κ3) is 4.58. The van der Waals surface area contributed by atoms with Gasteiger partial charge in [0.05, 0.1) is 5.75 Å². The molecule has 156 valence electrons. The minimum absolute atomic E-state index is 0.0845. The van der Waals surface area contributed by atoms with Crippen molar-refractivity contribution >= 4 is 29.1 Å². The molecule has 0 saturated heterocycles. The van der Waals surface area contributed by atoms with Crippen LogP contribution in [0.4, 0.5) is 0 Å². The average Bonchev–Trinajstić information content (AvgIpc) is 3.19. The zero-order valence-corrected chi connectivity index (χ0v) is 19.2. The fourth-order valence-electron chi connectivity index (χ4n) is 3.43. The second kappa shape index (κ2) is 9.08. The van der Waals surface area contributed by atoms with Crippen molar-refractivity contribution in [2.75, 3.05) is 5.75 Å². The lowest BCUT2D eigenvalue weighted by Crippen LogP contribution is -2.07. The molecule has 0 saturated carbocycles. The van der Waals surface area contributed by atoms with Crippen LogP contribution in [0.5, 0.6) is 0 Å². The summed E-state index contributed by atoms with van der Waals surface area (Å²) in [4.78, 5) is 13.0. The minimum Gasteiger partial charge on any atom is -0.293 e. The van der Waals surface area contributed by atoms with Crippen LogP contribution in [0.15, 0.2) is 71.9 Å². The molecule has 0 unspecified atom stereocenters. The van der Waals surface area contributed by atoms with Gasteiger partial charge in [-0.15, -0.1) is 10.2 Å². The lowest BCUT2D eigenvalue weighted by molar-refractivity contribution is 0.102. The third-order valence-electron chi connectivity index (χ3n) is 5.22. The zero-order chi connectivity index (χ0) is 22.0. The number of aromatic nitrogens is 3. The molecule has 0 radical (unpaired) electrons. The lowest BCUT2D eigenvalue weighted by Gasteiger charge is -2.11. The van der Waals surface area contributed by atoms with Crippen molar-refractivity contribution in [1.29, 1.82) is 0 Å². The van der Waals surface area contributed by atoms with Crippen molar-refractivity contribution in [2.24, 2.45) is 0 Å². The fraction of sp³-hybridized carbons (Fsp3) is 0.160. The van der Waals surface area contributed by atoms with Gasteiger partial charge in [-0.2, -0.15) is 0 Å². The minimum atomic E-state index is 0.0845. The van der Waals surface area contributed by atoms with E-state index in [4.69, 9.17) is 11.6 Å². The maximum absolute atomic E-state index is 13.0. The van der Waals surface area contributed by atoms with Gasteiger partial charge < -0.3 is 0 Å². The smallest absolute Gasteiger partial charge is 0.196 e. The van der Waals surface area contributed by atoms with E-state index in [9.17, 15) is 4.79 Å². The molecule has 0 atom stereocenters. The predicted octanol–water partition coefficient (Wildman–Crippen LogP) is 6.49.